The molecule has 4 heterocycles. The van der Waals surface area contributed by atoms with Crippen LogP contribution in [-0.2, 0) is 16.2 Å². The monoisotopic (exact) mass is 750 g/mol. The Labute approximate surface area is 334 Å². The molecule has 2 aliphatic heterocycles. The second-order valence-corrected chi connectivity index (χ2v) is 20.8. The van der Waals surface area contributed by atoms with Crippen molar-refractivity contribution in [1.82, 2.24) is 0 Å². The fourth-order valence-corrected chi connectivity index (χ4v) is 11.7. The van der Waals surface area contributed by atoms with Crippen molar-refractivity contribution in [3.8, 4) is 0 Å². The maximum Gasteiger partial charge on any atom is 0.264 e. The number of benzene rings is 6. The molecule has 10 rings (SSSR count). The highest BCUT2D eigenvalue weighted by Gasteiger charge is 2.45. The number of fused-ring (bicyclic) bond motifs is 10. The van der Waals surface area contributed by atoms with E-state index in [9.17, 15) is 0 Å². The van der Waals surface area contributed by atoms with Crippen molar-refractivity contribution in [3.63, 3.8) is 0 Å². The van der Waals surface area contributed by atoms with Crippen LogP contribution in [0.2, 0.25) is 0 Å². The zero-order valence-corrected chi connectivity index (χ0v) is 35.0. The van der Waals surface area contributed by atoms with Gasteiger partial charge in [0.2, 0.25) is 0 Å². The molecule has 0 fully saturated rings. The van der Waals surface area contributed by atoms with Crippen LogP contribution in [0.25, 0.3) is 30.3 Å². The van der Waals surface area contributed by atoms with Crippen molar-refractivity contribution in [3.05, 3.63) is 138 Å². The van der Waals surface area contributed by atoms with Crippen molar-refractivity contribution < 1.29 is 0 Å². The molecule has 2 aromatic heterocycles. The van der Waals surface area contributed by atoms with E-state index in [1.54, 1.807) is 0 Å². The average Bonchev–Trinajstić information content (AvgIpc) is 3.73. The SMILES string of the molecule is CC(C)(C)c1ccc(N2c3ccc(C(C)(C)C)cc3B3c4sc5c(ccc6c7ccccc7sc65)c4N(c4ccc(C(C)(C)C)cc4)c4cccc2c43)cc1. The van der Waals surface area contributed by atoms with E-state index >= 15 is 0 Å². The summed E-state index contributed by atoms with van der Waals surface area (Å²) in [4.78, 5) is 5.13. The van der Waals surface area contributed by atoms with Crippen molar-refractivity contribution in [2.75, 3.05) is 9.80 Å². The van der Waals surface area contributed by atoms with E-state index in [-0.39, 0.29) is 23.0 Å². The van der Waals surface area contributed by atoms with Crippen LogP contribution in [0.3, 0.4) is 0 Å². The third kappa shape index (κ3) is 5.26. The first-order chi connectivity index (χ1) is 26.2. The van der Waals surface area contributed by atoms with Crippen molar-refractivity contribution in [1.29, 1.82) is 0 Å². The Morgan fingerprint density at radius 3 is 1.64 bits per heavy atom. The Hall–Kier alpha value is -4.84. The molecule has 0 unspecified atom stereocenters. The fourth-order valence-electron chi connectivity index (χ4n) is 8.90. The first-order valence-electron chi connectivity index (χ1n) is 19.6. The fraction of sp³-hybridized carbons (Fsp3) is 0.240. The molecule has 0 N–H and O–H groups in total. The Morgan fingerprint density at radius 2 is 1.00 bits per heavy atom. The predicted octanol–water partition coefficient (Wildman–Crippen LogP) is 13.2. The van der Waals surface area contributed by atoms with Gasteiger partial charge in [-0.1, -0.05) is 135 Å². The maximum absolute atomic E-state index is 2.59. The third-order valence-electron chi connectivity index (χ3n) is 11.9. The maximum atomic E-state index is 2.59. The van der Waals surface area contributed by atoms with Gasteiger partial charge in [0.15, 0.2) is 0 Å². The lowest BCUT2D eigenvalue weighted by Gasteiger charge is -2.43. The van der Waals surface area contributed by atoms with Gasteiger partial charge in [0, 0.05) is 54.1 Å². The van der Waals surface area contributed by atoms with Gasteiger partial charge in [0.05, 0.1) is 15.1 Å². The van der Waals surface area contributed by atoms with Gasteiger partial charge < -0.3 is 9.80 Å². The molecule has 0 amide bonds. The first kappa shape index (κ1) is 34.6. The van der Waals surface area contributed by atoms with Crippen LogP contribution >= 0.6 is 22.7 Å². The second kappa shape index (κ2) is 11.8. The van der Waals surface area contributed by atoms with E-state index in [1.807, 2.05) is 22.7 Å². The largest absolute Gasteiger partial charge is 0.311 e. The number of thiophene rings is 2. The number of nitrogens with zero attached hydrogens (tertiary/aromatic N) is 2. The molecule has 0 spiro atoms. The zero-order valence-electron chi connectivity index (χ0n) is 33.3. The predicted molar refractivity (Wildman–Crippen MR) is 245 cm³/mol. The van der Waals surface area contributed by atoms with Crippen LogP contribution in [0.15, 0.2) is 121 Å². The Kier molecular flexibility index (Phi) is 7.45. The lowest BCUT2D eigenvalue weighted by atomic mass is 9.36. The van der Waals surface area contributed by atoms with E-state index in [4.69, 9.17) is 0 Å². The smallest absolute Gasteiger partial charge is 0.264 e. The van der Waals surface area contributed by atoms with Gasteiger partial charge >= 0.3 is 0 Å². The first-order valence-corrected chi connectivity index (χ1v) is 21.3. The van der Waals surface area contributed by atoms with Gasteiger partial charge in [-0.2, -0.15) is 0 Å². The highest BCUT2D eigenvalue weighted by molar-refractivity contribution is 7.37. The van der Waals surface area contributed by atoms with Crippen molar-refractivity contribution in [2.24, 2.45) is 0 Å². The summed E-state index contributed by atoms with van der Waals surface area (Å²) in [5, 5.41) is 4.04. The van der Waals surface area contributed by atoms with Gasteiger partial charge in [0.1, 0.15) is 0 Å². The van der Waals surface area contributed by atoms with Crippen molar-refractivity contribution >= 4 is 109 Å². The van der Waals surface area contributed by atoms with E-state index in [0.717, 1.165) is 0 Å². The lowest BCUT2D eigenvalue weighted by Crippen LogP contribution is -2.60. The molecule has 272 valence electrons. The minimum absolute atomic E-state index is 0.00967. The molecule has 5 heteroatoms. The summed E-state index contributed by atoms with van der Waals surface area (Å²) in [5.41, 5.74) is 14.5. The molecule has 2 nitrogen and oxygen atoms in total. The van der Waals surface area contributed by atoms with Gasteiger partial charge in [-0.05, 0) is 92.4 Å². The zero-order chi connectivity index (χ0) is 38.2. The average molecular weight is 751 g/mol. The van der Waals surface area contributed by atoms with Gasteiger partial charge in [0.25, 0.3) is 6.71 Å². The molecule has 0 radical (unpaired) electrons. The standard InChI is InChI=1S/C50H47BN2S2/c1-48(2,3)30-17-22-33(23-18-30)52-39-28-21-32(50(7,8)9)29-38(39)51-43-40(52)14-12-15-41(43)53(34-24-19-31(20-25-34)49(4,5)6)44-37-27-26-36-35-13-10-11-16-42(35)54-45(36)46(37)55-47(44)51/h10-29H,1-9H3. The van der Waals surface area contributed by atoms with E-state index in [2.05, 4.69) is 193 Å². The van der Waals surface area contributed by atoms with Gasteiger partial charge in [-0.3, -0.25) is 0 Å². The normalized spacial score (nSPS) is 14.2. The van der Waals surface area contributed by atoms with E-state index in [0.29, 0.717) is 0 Å². The summed E-state index contributed by atoms with van der Waals surface area (Å²) in [7, 11) is 0. The number of hydrogen-bond donors (Lipinski definition) is 0. The third-order valence-corrected chi connectivity index (χ3v) is 14.6. The van der Waals surface area contributed by atoms with Crippen LogP contribution in [0.5, 0.6) is 0 Å². The highest BCUT2D eigenvalue weighted by Crippen LogP contribution is 2.50. The van der Waals surface area contributed by atoms with E-state index < -0.39 is 0 Å². The summed E-state index contributed by atoms with van der Waals surface area (Å²) in [6.45, 7) is 20.9. The molecular weight excluding hydrogens is 704 g/mol. The molecule has 6 aromatic carbocycles. The summed E-state index contributed by atoms with van der Waals surface area (Å²) in [5.74, 6) is 0. The summed E-state index contributed by atoms with van der Waals surface area (Å²) >= 11 is 3.96. The molecule has 0 aliphatic carbocycles. The Balaban J connectivity index is 1.30. The van der Waals surface area contributed by atoms with Crippen LogP contribution in [0.1, 0.15) is 79.0 Å². The summed E-state index contributed by atoms with van der Waals surface area (Å²) in [6.07, 6.45) is 0. The second-order valence-electron chi connectivity index (χ2n) is 18.7. The number of anilines is 6. The number of rotatable bonds is 2. The summed E-state index contributed by atoms with van der Waals surface area (Å²) < 4.78 is 5.56. The molecule has 0 saturated carbocycles. The highest BCUT2D eigenvalue weighted by atomic mass is 32.1. The van der Waals surface area contributed by atoms with Crippen LogP contribution in [-0.4, -0.2) is 6.71 Å². The van der Waals surface area contributed by atoms with E-state index in [1.165, 1.54) is 96.8 Å². The van der Waals surface area contributed by atoms with Gasteiger partial charge in [-0.15, -0.1) is 22.7 Å². The lowest BCUT2D eigenvalue weighted by molar-refractivity contribution is 0.590. The number of hydrogen-bond acceptors (Lipinski definition) is 4. The molecule has 8 aromatic rings. The Morgan fingerprint density at radius 1 is 0.455 bits per heavy atom. The molecule has 0 bridgehead atoms. The quantitative estimate of drug-likeness (QED) is 0.162. The summed E-state index contributed by atoms with van der Waals surface area (Å²) in [6, 6.07) is 46.7. The van der Waals surface area contributed by atoms with Crippen LogP contribution in [0.4, 0.5) is 34.1 Å². The molecule has 2 aliphatic rings. The van der Waals surface area contributed by atoms with Crippen molar-refractivity contribution in [2.45, 2.75) is 78.6 Å². The molecule has 0 atom stereocenters. The Bertz CT molecular complexity index is 2820. The minimum atomic E-state index is 0.00967. The topological polar surface area (TPSA) is 6.48 Å². The molecule has 55 heavy (non-hydrogen) atoms. The van der Waals surface area contributed by atoms with Gasteiger partial charge in [-0.25, -0.2) is 0 Å². The van der Waals surface area contributed by atoms with Crippen LogP contribution < -0.4 is 25.5 Å². The molecular formula is C50H47BN2S2. The molecule has 0 saturated heterocycles. The van der Waals surface area contributed by atoms with Crippen LogP contribution in [0, 0.1) is 0 Å². The minimum Gasteiger partial charge on any atom is -0.311 e.